The Kier molecular flexibility index (Phi) is 5.94. The lowest BCUT2D eigenvalue weighted by Gasteiger charge is -1.76. The Morgan fingerprint density at radius 1 is 1.56 bits per heavy atom. The van der Waals surface area contributed by atoms with Crippen LogP contribution in [-0.4, -0.2) is 18.3 Å². The minimum absolute atomic E-state index is 0.129. The molecule has 0 aliphatic carbocycles. The molecule has 4 nitrogen and oxygen atoms in total. The van der Waals surface area contributed by atoms with Crippen molar-refractivity contribution in [2.75, 3.05) is 13.2 Å². The van der Waals surface area contributed by atoms with E-state index in [-0.39, 0.29) is 6.61 Å². The van der Waals surface area contributed by atoms with Gasteiger partial charge in [-0.2, -0.15) is 0 Å². The molecule has 9 heavy (non-hydrogen) atoms. The number of hydrogen-bond donors (Lipinski definition) is 1. The molecule has 0 aromatic carbocycles. The zero-order valence-electron chi connectivity index (χ0n) is 4.91. The van der Waals surface area contributed by atoms with E-state index in [0.717, 1.165) is 0 Å². The molecular weight excluding hydrogens is 118 g/mol. The van der Waals surface area contributed by atoms with E-state index < -0.39 is 0 Å². The number of azide groups is 1. The molecule has 0 amide bonds. The van der Waals surface area contributed by atoms with Crippen LogP contribution in [-0.2, 0) is 0 Å². The topological polar surface area (TPSA) is 69.0 Å². The van der Waals surface area contributed by atoms with Gasteiger partial charge in [-0.1, -0.05) is 11.0 Å². The molecule has 0 aromatic rings. The summed E-state index contributed by atoms with van der Waals surface area (Å²) in [4.78, 5) is 2.53. The second-order valence-corrected chi connectivity index (χ2v) is 1.22. The van der Waals surface area contributed by atoms with Gasteiger partial charge in [0, 0.05) is 17.9 Å². The summed E-state index contributed by atoms with van der Waals surface area (Å²) in [5, 5.41) is 11.4. The Morgan fingerprint density at radius 2 is 2.33 bits per heavy atom. The largest absolute Gasteiger partial charge is 0.384 e. The summed E-state index contributed by atoms with van der Waals surface area (Å²) in [6.45, 7) is 0.250. The zero-order valence-corrected chi connectivity index (χ0v) is 4.91. The molecule has 0 fully saturated rings. The fraction of sp³-hybridized carbons (Fsp3) is 0.600. The maximum absolute atomic E-state index is 8.15. The van der Waals surface area contributed by atoms with E-state index in [1.807, 2.05) is 0 Å². The third kappa shape index (κ3) is 6.83. The molecule has 0 unspecified atom stereocenters. The molecule has 0 bridgehead atoms. The van der Waals surface area contributed by atoms with Crippen molar-refractivity contribution >= 4 is 0 Å². The maximum atomic E-state index is 8.15. The highest BCUT2D eigenvalue weighted by molar-refractivity contribution is 4.98. The first-order chi connectivity index (χ1) is 4.41. The molecule has 48 valence electrons. The molecule has 0 saturated heterocycles. The number of aliphatic hydroxyl groups is 1. The second-order valence-electron chi connectivity index (χ2n) is 1.22. The Hall–Kier alpha value is -1.17. The Labute approximate surface area is 53.1 Å². The van der Waals surface area contributed by atoms with Crippen molar-refractivity contribution in [1.82, 2.24) is 0 Å². The lowest BCUT2D eigenvalue weighted by molar-refractivity contribution is 0.350. The van der Waals surface area contributed by atoms with E-state index in [1.54, 1.807) is 0 Å². The van der Waals surface area contributed by atoms with E-state index in [2.05, 4.69) is 21.9 Å². The first-order valence-electron chi connectivity index (χ1n) is 2.49. The second kappa shape index (κ2) is 6.83. The third-order valence-corrected chi connectivity index (χ3v) is 0.604. The van der Waals surface area contributed by atoms with Gasteiger partial charge in [0.1, 0.15) is 6.61 Å². The molecule has 0 atom stereocenters. The summed E-state index contributed by atoms with van der Waals surface area (Å²) in [7, 11) is 0. The standard InChI is InChI=1S/C5H7N3O/c6-8-7-4-2-1-3-5-9/h9H,2,4-5H2. The van der Waals surface area contributed by atoms with Crippen LogP contribution in [0.1, 0.15) is 6.42 Å². The quantitative estimate of drug-likeness (QED) is 0.190. The van der Waals surface area contributed by atoms with Gasteiger partial charge in [-0.25, -0.2) is 0 Å². The van der Waals surface area contributed by atoms with Gasteiger partial charge >= 0.3 is 0 Å². The Bertz CT molecular complexity index is 161. The van der Waals surface area contributed by atoms with Gasteiger partial charge in [-0.3, -0.25) is 0 Å². The predicted molar refractivity (Wildman–Crippen MR) is 33.5 cm³/mol. The number of rotatable bonds is 2. The van der Waals surface area contributed by atoms with Crippen LogP contribution in [0.25, 0.3) is 10.4 Å². The average Bonchev–Trinajstić information content (AvgIpc) is 1.89. The zero-order chi connectivity index (χ0) is 6.95. The molecule has 0 aromatic heterocycles. The monoisotopic (exact) mass is 125 g/mol. The van der Waals surface area contributed by atoms with Crippen LogP contribution in [0.3, 0.4) is 0 Å². The summed E-state index contributed by atoms with van der Waals surface area (Å²) in [6, 6.07) is 0. The number of nitrogens with zero attached hydrogens (tertiary/aromatic N) is 3. The minimum atomic E-state index is -0.129. The molecule has 0 radical (unpaired) electrons. The van der Waals surface area contributed by atoms with Gasteiger partial charge in [0.2, 0.25) is 0 Å². The van der Waals surface area contributed by atoms with E-state index >= 15 is 0 Å². The van der Waals surface area contributed by atoms with Crippen LogP contribution in [0.5, 0.6) is 0 Å². The van der Waals surface area contributed by atoms with Gasteiger partial charge in [0.25, 0.3) is 0 Å². The first kappa shape index (κ1) is 7.83. The van der Waals surface area contributed by atoms with Gasteiger partial charge < -0.3 is 5.11 Å². The molecule has 0 heterocycles. The van der Waals surface area contributed by atoms with Crippen LogP contribution >= 0.6 is 0 Å². The molecule has 0 rings (SSSR count). The SMILES string of the molecule is [N-]=[N+]=NCCC#CCO. The van der Waals surface area contributed by atoms with E-state index in [9.17, 15) is 0 Å². The van der Waals surface area contributed by atoms with Gasteiger partial charge in [0.05, 0.1) is 0 Å². The molecule has 0 aliphatic rings. The van der Waals surface area contributed by atoms with E-state index in [0.29, 0.717) is 13.0 Å². The van der Waals surface area contributed by atoms with Crippen molar-refractivity contribution in [2.45, 2.75) is 6.42 Å². The fourth-order valence-electron chi connectivity index (χ4n) is 0.295. The first-order valence-corrected chi connectivity index (χ1v) is 2.49. The van der Waals surface area contributed by atoms with Crippen LogP contribution in [0.4, 0.5) is 0 Å². The smallest absolute Gasteiger partial charge is 0.104 e. The predicted octanol–water partition coefficient (Wildman–Crippen LogP) is 0.683. The van der Waals surface area contributed by atoms with Crippen LogP contribution in [0.2, 0.25) is 0 Å². The van der Waals surface area contributed by atoms with Gasteiger partial charge in [0.15, 0.2) is 0 Å². The molecule has 0 aliphatic heterocycles. The van der Waals surface area contributed by atoms with Gasteiger partial charge in [-0.15, -0.1) is 5.92 Å². The van der Waals surface area contributed by atoms with Crippen molar-refractivity contribution in [1.29, 1.82) is 0 Å². The van der Waals surface area contributed by atoms with E-state index in [4.69, 9.17) is 10.6 Å². The molecule has 4 heteroatoms. The normalized spacial score (nSPS) is 6.78. The molecule has 0 saturated carbocycles. The highest BCUT2D eigenvalue weighted by atomic mass is 16.2. The lowest BCUT2D eigenvalue weighted by Crippen LogP contribution is -1.75. The molecular formula is C5H7N3O. The Balaban J connectivity index is 3.18. The lowest BCUT2D eigenvalue weighted by atomic mass is 10.4. The highest BCUT2D eigenvalue weighted by Crippen LogP contribution is 1.76. The van der Waals surface area contributed by atoms with Crippen LogP contribution < -0.4 is 0 Å². The number of hydrogen-bond acceptors (Lipinski definition) is 2. The summed E-state index contributed by atoms with van der Waals surface area (Å²) in [5.74, 6) is 5.03. The van der Waals surface area contributed by atoms with Crippen LogP contribution in [0, 0.1) is 11.8 Å². The average molecular weight is 125 g/mol. The summed E-state index contributed by atoms with van der Waals surface area (Å²) < 4.78 is 0. The van der Waals surface area contributed by atoms with Crippen molar-refractivity contribution in [3.05, 3.63) is 10.4 Å². The molecule has 1 N–H and O–H groups in total. The maximum Gasteiger partial charge on any atom is 0.104 e. The van der Waals surface area contributed by atoms with Crippen LogP contribution in [0.15, 0.2) is 5.11 Å². The minimum Gasteiger partial charge on any atom is -0.384 e. The van der Waals surface area contributed by atoms with Crippen molar-refractivity contribution in [3.63, 3.8) is 0 Å². The number of aliphatic hydroxyl groups excluding tert-OH is 1. The van der Waals surface area contributed by atoms with Crippen molar-refractivity contribution < 1.29 is 5.11 Å². The summed E-state index contributed by atoms with van der Waals surface area (Å²) >= 11 is 0. The summed E-state index contributed by atoms with van der Waals surface area (Å²) in [5.41, 5.74) is 7.78. The molecule has 0 spiro atoms. The summed E-state index contributed by atoms with van der Waals surface area (Å²) in [6.07, 6.45) is 0.518. The van der Waals surface area contributed by atoms with Gasteiger partial charge in [-0.05, 0) is 5.53 Å². The Morgan fingerprint density at radius 3 is 2.89 bits per heavy atom. The van der Waals surface area contributed by atoms with Crippen molar-refractivity contribution in [2.24, 2.45) is 5.11 Å². The highest BCUT2D eigenvalue weighted by Gasteiger charge is 1.72. The van der Waals surface area contributed by atoms with E-state index in [1.165, 1.54) is 0 Å². The van der Waals surface area contributed by atoms with Crippen molar-refractivity contribution in [3.8, 4) is 11.8 Å². The fourth-order valence-corrected chi connectivity index (χ4v) is 0.295. The third-order valence-electron chi connectivity index (χ3n) is 0.604.